The van der Waals surface area contributed by atoms with Crippen LogP contribution in [0.4, 0.5) is 14.5 Å². The number of methoxy groups -OCH3 is 1. The molecule has 0 atom stereocenters. The van der Waals surface area contributed by atoms with Crippen LogP contribution in [0, 0.1) is 17.0 Å². The number of esters is 1. The number of nitrogens with zero attached hydrogens (tertiary/aromatic N) is 3. The van der Waals surface area contributed by atoms with Crippen LogP contribution in [0.15, 0.2) is 48.7 Å². The van der Waals surface area contributed by atoms with Crippen LogP contribution in [-0.2, 0) is 16.1 Å². The third kappa shape index (κ3) is 6.09. The maximum absolute atomic E-state index is 14.8. The Kier molecular flexibility index (Phi) is 8.72. The van der Waals surface area contributed by atoms with Crippen molar-refractivity contribution in [2.24, 2.45) is 5.41 Å². The van der Waals surface area contributed by atoms with Gasteiger partial charge in [-0.25, -0.2) is 18.6 Å². The molecule has 0 radical (unpaired) electrons. The van der Waals surface area contributed by atoms with Crippen LogP contribution < -0.4 is 14.4 Å². The number of aromatic nitrogens is 1. The number of anilines is 1. The summed E-state index contributed by atoms with van der Waals surface area (Å²) in [5.74, 6) is -0.996. The standard InChI is InChI=1S/C32H35F2N3O5/c1-4-41-26-14-21(15-27(42-5-2)29(26)30-25(34)16-23(33)18-35-30)19-36-12-10-32(11-13-36)17-28(38)37(20-32)24-8-6-22(7-9-24)31(39)40-3/h6-9,14-16,18H,4-5,10-13,17,19-20H2,1-3H3. The van der Waals surface area contributed by atoms with Gasteiger partial charge in [-0.2, -0.15) is 0 Å². The first-order valence-electron chi connectivity index (χ1n) is 14.2. The zero-order valence-electron chi connectivity index (χ0n) is 24.1. The van der Waals surface area contributed by atoms with Crippen molar-refractivity contribution in [2.45, 2.75) is 39.7 Å². The van der Waals surface area contributed by atoms with E-state index in [0.717, 1.165) is 49.4 Å². The molecule has 2 aliphatic heterocycles. The summed E-state index contributed by atoms with van der Waals surface area (Å²) < 4.78 is 44.9. The van der Waals surface area contributed by atoms with E-state index in [2.05, 4.69) is 9.88 Å². The van der Waals surface area contributed by atoms with Gasteiger partial charge in [-0.15, -0.1) is 0 Å². The molecular formula is C32H35F2N3O5. The maximum Gasteiger partial charge on any atom is 0.337 e. The van der Waals surface area contributed by atoms with E-state index in [1.54, 1.807) is 24.3 Å². The van der Waals surface area contributed by atoms with Crippen molar-refractivity contribution in [2.75, 3.05) is 44.9 Å². The summed E-state index contributed by atoms with van der Waals surface area (Å²) >= 11 is 0. The first kappa shape index (κ1) is 29.4. The minimum absolute atomic E-state index is 0.0230. The van der Waals surface area contributed by atoms with Crippen LogP contribution in [0.2, 0.25) is 0 Å². The van der Waals surface area contributed by atoms with Gasteiger partial charge in [0.15, 0.2) is 5.82 Å². The smallest absolute Gasteiger partial charge is 0.337 e. The molecule has 0 saturated carbocycles. The van der Waals surface area contributed by atoms with Crippen LogP contribution in [-0.4, -0.2) is 61.7 Å². The lowest BCUT2D eigenvalue weighted by Crippen LogP contribution is -2.41. The molecule has 0 bridgehead atoms. The largest absolute Gasteiger partial charge is 0.493 e. The summed E-state index contributed by atoms with van der Waals surface area (Å²) in [6, 6.07) is 11.5. The Hall–Kier alpha value is -4.05. The average Bonchev–Trinajstić information content (AvgIpc) is 3.30. The summed E-state index contributed by atoms with van der Waals surface area (Å²) in [4.78, 5) is 32.9. The number of carbonyl (C=O) groups is 2. The lowest BCUT2D eigenvalue weighted by atomic mass is 9.77. The molecule has 3 aromatic rings. The van der Waals surface area contributed by atoms with Crippen molar-refractivity contribution in [1.29, 1.82) is 0 Å². The molecule has 10 heteroatoms. The zero-order valence-corrected chi connectivity index (χ0v) is 24.1. The van der Waals surface area contributed by atoms with E-state index in [1.807, 2.05) is 30.9 Å². The van der Waals surface area contributed by atoms with E-state index >= 15 is 0 Å². The van der Waals surface area contributed by atoms with Gasteiger partial charge in [0.1, 0.15) is 23.0 Å². The molecular weight excluding hydrogens is 544 g/mol. The third-order valence-electron chi connectivity index (χ3n) is 8.01. The van der Waals surface area contributed by atoms with Crippen LogP contribution >= 0.6 is 0 Å². The molecule has 2 fully saturated rings. The van der Waals surface area contributed by atoms with Gasteiger partial charge in [0.05, 0.1) is 37.6 Å². The van der Waals surface area contributed by atoms with Crippen LogP contribution in [0.25, 0.3) is 11.3 Å². The minimum Gasteiger partial charge on any atom is -0.493 e. The van der Waals surface area contributed by atoms with Crippen molar-refractivity contribution in [1.82, 2.24) is 9.88 Å². The number of hydrogen-bond donors (Lipinski definition) is 0. The Balaban J connectivity index is 1.30. The van der Waals surface area contributed by atoms with Gasteiger partial charge in [0.25, 0.3) is 0 Å². The minimum atomic E-state index is -0.787. The summed E-state index contributed by atoms with van der Waals surface area (Å²) in [5, 5.41) is 0. The number of likely N-dealkylation sites (tertiary alicyclic amines) is 1. The maximum atomic E-state index is 14.8. The van der Waals surface area contributed by atoms with Crippen molar-refractivity contribution in [3.05, 3.63) is 71.4 Å². The normalized spacial score (nSPS) is 16.6. The molecule has 2 aliphatic rings. The second-order valence-electron chi connectivity index (χ2n) is 10.8. The number of pyridine rings is 1. The van der Waals surface area contributed by atoms with Crippen LogP contribution in [0.3, 0.4) is 0 Å². The predicted molar refractivity (Wildman–Crippen MR) is 154 cm³/mol. The van der Waals surface area contributed by atoms with E-state index in [9.17, 15) is 18.4 Å². The molecule has 42 heavy (non-hydrogen) atoms. The third-order valence-corrected chi connectivity index (χ3v) is 8.01. The van der Waals surface area contributed by atoms with Crippen molar-refractivity contribution in [3.8, 4) is 22.8 Å². The molecule has 5 rings (SSSR count). The van der Waals surface area contributed by atoms with Gasteiger partial charge >= 0.3 is 5.97 Å². The quantitative estimate of drug-likeness (QED) is 0.304. The van der Waals surface area contributed by atoms with Gasteiger partial charge in [-0.1, -0.05) is 0 Å². The van der Waals surface area contributed by atoms with Crippen molar-refractivity contribution >= 4 is 17.6 Å². The molecule has 2 aromatic carbocycles. The summed E-state index contributed by atoms with van der Waals surface area (Å²) in [7, 11) is 1.34. The predicted octanol–water partition coefficient (Wildman–Crippen LogP) is 5.63. The summed E-state index contributed by atoms with van der Waals surface area (Å²) in [5.41, 5.74) is 2.41. The number of hydrogen-bond acceptors (Lipinski definition) is 7. The molecule has 2 saturated heterocycles. The second kappa shape index (κ2) is 12.4. The Morgan fingerprint density at radius 1 is 1.00 bits per heavy atom. The molecule has 3 heterocycles. The number of ether oxygens (including phenoxy) is 3. The number of halogens is 2. The monoisotopic (exact) mass is 579 g/mol. The molecule has 1 spiro atoms. The highest BCUT2D eigenvalue weighted by atomic mass is 19.1. The Bertz CT molecular complexity index is 1430. The fraction of sp³-hybridized carbons (Fsp3) is 0.406. The van der Waals surface area contributed by atoms with E-state index < -0.39 is 17.6 Å². The first-order valence-corrected chi connectivity index (χ1v) is 14.2. The van der Waals surface area contributed by atoms with E-state index in [0.29, 0.717) is 55.4 Å². The molecule has 1 aromatic heterocycles. The average molecular weight is 580 g/mol. The lowest BCUT2D eigenvalue weighted by Gasteiger charge is -2.39. The Morgan fingerprint density at radius 3 is 2.21 bits per heavy atom. The summed E-state index contributed by atoms with van der Waals surface area (Å²) in [6.45, 7) is 7.29. The van der Waals surface area contributed by atoms with Crippen LogP contribution in [0.5, 0.6) is 11.5 Å². The van der Waals surface area contributed by atoms with Gasteiger partial charge in [0.2, 0.25) is 5.91 Å². The van der Waals surface area contributed by atoms with Crippen molar-refractivity contribution < 1.29 is 32.6 Å². The SMILES string of the molecule is CCOc1cc(CN2CCC3(CC2)CC(=O)N(c2ccc(C(=O)OC)cc2)C3)cc(OCC)c1-c1ncc(F)cc1F. The molecule has 0 aliphatic carbocycles. The van der Waals surface area contributed by atoms with Gasteiger partial charge in [0, 0.05) is 31.3 Å². The molecule has 0 N–H and O–H groups in total. The van der Waals surface area contributed by atoms with Gasteiger partial charge in [-0.05, 0) is 87.2 Å². The van der Waals surface area contributed by atoms with E-state index in [-0.39, 0.29) is 17.0 Å². The highest BCUT2D eigenvalue weighted by molar-refractivity contribution is 5.97. The number of amides is 1. The zero-order chi connectivity index (χ0) is 29.9. The number of piperidine rings is 1. The number of benzene rings is 2. The van der Waals surface area contributed by atoms with Crippen LogP contribution in [0.1, 0.15) is 49.0 Å². The molecule has 222 valence electrons. The topological polar surface area (TPSA) is 81.2 Å². The summed E-state index contributed by atoms with van der Waals surface area (Å²) in [6.07, 6.45) is 3.21. The number of rotatable bonds is 9. The Morgan fingerprint density at radius 2 is 1.64 bits per heavy atom. The molecule has 1 amide bonds. The molecule has 8 nitrogen and oxygen atoms in total. The highest BCUT2D eigenvalue weighted by Crippen LogP contribution is 2.44. The fourth-order valence-electron chi connectivity index (χ4n) is 5.91. The lowest BCUT2D eigenvalue weighted by molar-refractivity contribution is -0.118. The van der Waals surface area contributed by atoms with Gasteiger partial charge in [-0.3, -0.25) is 9.69 Å². The molecule has 0 unspecified atom stereocenters. The van der Waals surface area contributed by atoms with E-state index in [1.165, 1.54) is 7.11 Å². The number of carbonyl (C=O) groups excluding carboxylic acids is 2. The second-order valence-corrected chi connectivity index (χ2v) is 10.8. The fourth-order valence-corrected chi connectivity index (χ4v) is 5.91. The van der Waals surface area contributed by atoms with Gasteiger partial charge < -0.3 is 19.1 Å². The van der Waals surface area contributed by atoms with Crippen molar-refractivity contribution in [3.63, 3.8) is 0 Å². The van der Waals surface area contributed by atoms with E-state index in [4.69, 9.17) is 14.2 Å². The highest BCUT2D eigenvalue weighted by Gasteiger charge is 2.45. The Labute approximate surface area is 244 Å². The first-order chi connectivity index (χ1) is 20.3.